The number of benzene rings is 4. The van der Waals surface area contributed by atoms with Crippen molar-refractivity contribution in [3.05, 3.63) is 101 Å². The number of hydrogen-bond acceptors (Lipinski definition) is 6. The van der Waals surface area contributed by atoms with Crippen LogP contribution < -0.4 is 19.1 Å². The van der Waals surface area contributed by atoms with E-state index in [9.17, 15) is 14.4 Å². The number of carbonyl (C=O) groups excluding carboxylic acids is 3. The van der Waals surface area contributed by atoms with Crippen LogP contribution in [-0.4, -0.2) is 24.6 Å². The van der Waals surface area contributed by atoms with Gasteiger partial charge in [-0.1, -0.05) is 70.5 Å². The van der Waals surface area contributed by atoms with E-state index in [0.29, 0.717) is 28.5 Å². The van der Waals surface area contributed by atoms with Crippen LogP contribution in [0.2, 0.25) is 0 Å². The van der Waals surface area contributed by atoms with Crippen molar-refractivity contribution in [1.82, 2.24) is 0 Å². The van der Waals surface area contributed by atoms with E-state index in [1.165, 1.54) is 4.90 Å². The summed E-state index contributed by atoms with van der Waals surface area (Å²) >= 11 is 3.45. The van der Waals surface area contributed by atoms with Gasteiger partial charge in [0.2, 0.25) is 18.6 Å². The first-order chi connectivity index (χ1) is 19.5. The van der Waals surface area contributed by atoms with Crippen molar-refractivity contribution in [2.75, 3.05) is 11.7 Å². The molecule has 0 aromatic heterocycles. The Hall–Kier alpha value is -4.43. The molecule has 196 valence electrons. The van der Waals surface area contributed by atoms with Crippen LogP contribution in [0.1, 0.15) is 17.0 Å². The average Bonchev–Trinajstić information content (AvgIpc) is 3.54. The molecule has 0 spiro atoms. The topological polar surface area (TPSA) is 82.1 Å². The van der Waals surface area contributed by atoms with E-state index in [-0.39, 0.29) is 12.7 Å². The lowest BCUT2D eigenvalue weighted by Gasteiger charge is -2.38. The van der Waals surface area contributed by atoms with Crippen molar-refractivity contribution >= 4 is 55.7 Å². The molecule has 4 aromatic carbocycles. The molecular formula is C32H20BrNO6. The quantitative estimate of drug-likeness (QED) is 0.165. The lowest BCUT2D eigenvalue weighted by atomic mass is 9.64. The van der Waals surface area contributed by atoms with Gasteiger partial charge in [-0.15, -0.1) is 0 Å². The second-order valence-electron chi connectivity index (χ2n) is 10.4. The third-order valence-electron chi connectivity index (χ3n) is 8.33. The Morgan fingerprint density at radius 1 is 0.800 bits per heavy atom. The van der Waals surface area contributed by atoms with Crippen molar-refractivity contribution in [3.8, 4) is 17.2 Å². The molecule has 8 heteroatoms. The van der Waals surface area contributed by atoms with Gasteiger partial charge in [0.15, 0.2) is 11.5 Å². The zero-order valence-corrected chi connectivity index (χ0v) is 22.5. The van der Waals surface area contributed by atoms with Crippen LogP contribution in [0, 0.1) is 17.8 Å². The molecule has 0 radical (unpaired) electrons. The fourth-order valence-corrected chi connectivity index (χ4v) is 6.99. The van der Waals surface area contributed by atoms with Crippen LogP contribution in [0.5, 0.6) is 17.2 Å². The summed E-state index contributed by atoms with van der Waals surface area (Å²) in [4.78, 5) is 43.3. The summed E-state index contributed by atoms with van der Waals surface area (Å²) in [5.74, 6) is -2.68. The highest BCUT2D eigenvalue weighted by atomic mass is 79.9. The number of amides is 2. The largest absolute Gasteiger partial charge is 0.454 e. The first-order valence-corrected chi connectivity index (χ1v) is 13.8. The lowest BCUT2D eigenvalue weighted by molar-refractivity contribution is -0.142. The molecule has 2 amide bonds. The first-order valence-electron chi connectivity index (χ1n) is 13.0. The molecule has 4 atom stereocenters. The minimum Gasteiger partial charge on any atom is -0.454 e. The maximum Gasteiger partial charge on any atom is 0.319 e. The van der Waals surface area contributed by atoms with Crippen LogP contribution >= 0.6 is 15.9 Å². The van der Waals surface area contributed by atoms with Gasteiger partial charge in [0.05, 0.1) is 23.4 Å². The van der Waals surface area contributed by atoms with Gasteiger partial charge in [-0.2, -0.15) is 0 Å². The summed E-state index contributed by atoms with van der Waals surface area (Å²) in [7, 11) is 0. The van der Waals surface area contributed by atoms with Gasteiger partial charge in [0.1, 0.15) is 5.75 Å². The van der Waals surface area contributed by atoms with E-state index in [4.69, 9.17) is 14.2 Å². The number of anilines is 1. The summed E-state index contributed by atoms with van der Waals surface area (Å²) in [6, 6.07) is 24.3. The van der Waals surface area contributed by atoms with E-state index in [2.05, 4.69) is 15.9 Å². The normalized spacial score (nSPS) is 24.4. The van der Waals surface area contributed by atoms with Gasteiger partial charge in [0, 0.05) is 21.3 Å². The van der Waals surface area contributed by atoms with Crippen molar-refractivity contribution in [3.63, 3.8) is 0 Å². The Morgan fingerprint density at radius 3 is 2.50 bits per heavy atom. The van der Waals surface area contributed by atoms with Crippen molar-refractivity contribution in [2.24, 2.45) is 17.8 Å². The molecule has 1 fully saturated rings. The molecule has 7 nitrogen and oxygen atoms in total. The number of carbonyl (C=O) groups is 3. The third-order valence-corrected chi connectivity index (χ3v) is 8.83. The monoisotopic (exact) mass is 593 g/mol. The highest BCUT2D eigenvalue weighted by Gasteiger charge is 2.60. The third kappa shape index (κ3) is 3.26. The Morgan fingerprint density at radius 2 is 1.62 bits per heavy atom. The number of nitrogens with zero attached hydrogens (tertiary/aromatic N) is 1. The second kappa shape index (κ2) is 8.53. The molecule has 3 heterocycles. The van der Waals surface area contributed by atoms with Gasteiger partial charge < -0.3 is 14.2 Å². The van der Waals surface area contributed by atoms with Crippen molar-refractivity contribution in [2.45, 2.75) is 5.92 Å². The molecular weight excluding hydrogens is 574 g/mol. The van der Waals surface area contributed by atoms with E-state index < -0.39 is 35.5 Å². The van der Waals surface area contributed by atoms with E-state index in [1.54, 1.807) is 18.2 Å². The standard InChI is InChI=1S/C32H20BrNO6/c33-18-5-3-6-19(13-18)34-30(35)26-22(17-9-11-24-25(12-17)39-15-38-24)14-23-21-10-8-16-4-1-2-7-20(16)29(21)40-32(37)27(23)28(26)31(34)36/h1-14,22,26-28H,15H2/t22-,26+,27+,28+/m1/s1. The van der Waals surface area contributed by atoms with Crippen LogP contribution in [0.3, 0.4) is 0 Å². The minimum atomic E-state index is -0.922. The molecule has 0 unspecified atom stereocenters. The van der Waals surface area contributed by atoms with Gasteiger partial charge in [-0.3, -0.25) is 14.4 Å². The summed E-state index contributed by atoms with van der Waals surface area (Å²) in [6.07, 6.45) is 1.98. The lowest BCUT2D eigenvalue weighted by Crippen LogP contribution is -2.42. The summed E-state index contributed by atoms with van der Waals surface area (Å²) in [5.41, 5.74) is 2.73. The molecule has 3 aliphatic heterocycles. The molecule has 1 aliphatic carbocycles. The van der Waals surface area contributed by atoms with E-state index in [0.717, 1.165) is 26.4 Å². The highest BCUT2D eigenvalue weighted by Crippen LogP contribution is 2.56. The molecule has 8 rings (SSSR count). The predicted molar refractivity (Wildman–Crippen MR) is 150 cm³/mol. The van der Waals surface area contributed by atoms with Gasteiger partial charge in [-0.25, -0.2) is 4.90 Å². The van der Waals surface area contributed by atoms with Crippen LogP contribution in [0.15, 0.2) is 89.4 Å². The number of ether oxygens (including phenoxy) is 3. The van der Waals surface area contributed by atoms with Gasteiger partial charge >= 0.3 is 5.97 Å². The fourth-order valence-electron chi connectivity index (χ4n) is 6.60. The number of fused-ring (bicyclic) bond motifs is 8. The number of halogens is 1. The Bertz CT molecular complexity index is 1830. The van der Waals surface area contributed by atoms with Gasteiger partial charge in [0.25, 0.3) is 0 Å². The molecule has 1 saturated heterocycles. The molecule has 0 bridgehead atoms. The zero-order chi connectivity index (χ0) is 27.1. The van der Waals surface area contributed by atoms with Gasteiger partial charge in [-0.05, 0) is 46.9 Å². The zero-order valence-electron chi connectivity index (χ0n) is 20.9. The highest BCUT2D eigenvalue weighted by molar-refractivity contribution is 9.10. The first kappa shape index (κ1) is 23.5. The fraction of sp³-hybridized carbons (Fsp3) is 0.156. The molecule has 0 N–H and O–H groups in total. The summed E-state index contributed by atoms with van der Waals surface area (Å²) in [6.45, 7) is 0.124. The Balaban J connectivity index is 1.35. The van der Waals surface area contributed by atoms with Crippen LogP contribution in [-0.2, 0) is 14.4 Å². The van der Waals surface area contributed by atoms with Crippen LogP contribution in [0.4, 0.5) is 5.69 Å². The molecule has 40 heavy (non-hydrogen) atoms. The molecule has 4 aromatic rings. The number of rotatable bonds is 2. The Kier molecular flexibility index (Phi) is 5.00. The second-order valence-corrected chi connectivity index (χ2v) is 11.3. The van der Waals surface area contributed by atoms with E-state index in [1.807, 2.05) is 66.7 Å². The number of hydrogen-bond donors (Lipinski definition) is 0. The SMILES string of the molecule is O=C1Oc2c(ccc3ccccc23)C2=C[C@H](c3ccc4c(c3)OCO4)[C@@H]3C(=O)N(c4cccc(Br)c4)C(=O)[C@@H]3[C@@H]12. The maximum absolute atomic E-state index is 14.2. The molecule has 0 saturated carbocycles. The minimum absolute atomic E-state index is 0.124. The average molecular weight is 594 g/mol. The Labute approximate surface area is 237 Å². The van der Waals surface area contributed by atoms with Crippen molar-refractivity contribution in [1.29, 1.82) is 0 Å². The molecule has 4 aliphatic rings. The number of imide groups is 1. The number of allylic oxidation sites excluding steroid dienone is 1. The van der Waals surface area contributed by atoms with E-state index >= 15 is 0 Å². The van der Waals surface area contributed by atoms with Crippen LogP contribution in [0.25, 0.3) is 16.3 Å². The predicted octanol–water partition coefficient (Wildman–Crippen LogP) is 5.85. The number of esters is 1. The summed E-state index contributed by atoms with van der Waals surface area (Å²) in [5, 5.41) is 1.76. The maximum atomic E-state index is 14.2. The van der Waals surface area contributed by atoms with Crippen molar-refractivity contribution < 1.29 is 28.6 Å². The summed E-state index contributed by atoms with van der Waals surface area (Å²) < 4.78 is 17.8. The smallest absolute Gasteiger partial charge is 0.319 e.